The molecule has 0 saturated heterocycles. The van der Waals surface area contributed by atoms with Crippen molar-refractivity contribution < 1.29 is 14.3 Å². The minimum absolute atomic E-state index is 0.0124. The zero-order chi connectivity index (χ0) is 27.6. The Kier molecular flexibility index (Phi) is 9.62. The Bertz CT molecular complexity index is 1370. The number of para-hydroxylation sites is 3. The van der Waals surface area contributed by atoms with E-state index in [2.05, 4.69) is 22.4 Å². The second-order valence-electron chi connectivity index (χ2n) is 10.0. The number of carbonyl (C=O) groups excluding carboxylic acids is 2. The van der Waals surface area contributed by atoms with E-state index < -0.39 is 0 Å². The molecule has 0 aliphatic carbocycles. The molecule has 0 aliphatic heterocycles. The number of ether oxygens (including phenoxy) is 1. The summed E-state index contributed by atoms with van der Waals surface area (Å²) in [5.74, 6) is 0.709. The van der Waals surface area contributed by atoms with Gasteiger partial charge in [-0.3, -0.25) is 4.79 Å². The van der Waals surface area contributed by atoms with Gasteiger partial charge in [-0.25, -0.2) is 4.79 Å². The number of carbonyl (C=O) groups is 2. The Morgan fingerprint density at radius 1 is 0.923 bits per heavy atom. The van der Waals surface area contributed by atoms with Gasteiger partial charge >= 0.3 is 6.03 Å². The fraction of sp³-hybridized carbons (Fsp3) is 0.312. The molecule has 204 valence electrons. The first kappa shape index (κ1) is 27.8. The molecule has 0 spiro atoms. The first-order valence-electron chi connectivity index (χ1n) is 13.6. The summed E-state index contributed by atoms with van der Waals surface area (Å²) >= 11 is 0. The van der Waals surface area contributed by atoms with Gasteiger partial charge in [0, 0.05) is 36.7 Å². The maximum atomic E-state index is 13.8. The molecule has 0 fully saturated rings. The summed E-state index contributed by atoms with van der Waals surface area (Å²) in [5.41, 5.74) is 3.89. The van der Waals surface area contributed by atoms with Crippen molar-refractivity contribution in [3.8, 4) is 5.75 Å². The molecule has 0 radical (unpaired) electrons. The molecule has 2 N–H and O–H groups in total. The van der Waals surface area contributed by atoms with Crippen molar-refractivity contribution in [2.45, 2.75) is 33.7 Å². The first-order chi connectivity index (χ1) is 18.9. The number of rotatable bonds is 12. The van der Waals surface area contributed by atoms with Crippen molar-refractivity contribution in [2.75, 3.05) is 31.6 Å². The lowest BCUT2D eigenvalue weighted by atomic mass is 10.1. The molecule has 1 aromatic heterocycles. The van der Waals surface area contributed by atoms with Crippen LogP contribution in [0.25, 0.3) is 10.9 Å². The van der Waals surface area contributed by atoms with Crippen LogP contribution < -0.4 is 10.1 Å². The number of aromatic amines is 1. The molecule has 0 bridgehead atoms. The zero-order valence-corrected chi connectivity index (χ0v) is 23.0. The van der Waals surface area contributed by atoms with Gasteiger partial charge in [-0.15, -0.1) is 0 Å². The Morgan fingerprint density at radius 2 is 1.64 bits per heavy atom. The normalized spacial score (nSPS) is 11.0. The number of anilines is 1. The zero-order valence-electron chi connectivity index (χ0n) is 23.0. The third-order valence-electron chi connectivity index (χ3n) is 6.52. The minimum atomic E-state index is -0.319. The molecule has 7 nitrogen and oxygen atoms in total. The van der Waals surface area contributed by atoms with E-state index in [9.17, 15) is 9.59 Å². The Labute approximate surface area is 230 Å². The molecule has 1 heterocycles. The lowest BCUT2D eigenvalue weighted by Gasteiger charge is -2.29. The molecular formula is C32H38N4O3. The topological polar surface area (TPSA) is 77.7 Å². The number of urea groups is 1. The smallest absolute Gasteiger partial charge is 0.322 e. The van der Waals surface area contributed by atoms with Crippen LogP contribution in [0.4, 0.5) is 10.5 Å². The molecule has 4 rings (SSSR count). The summed E-state index contributed by atoms with van der Waals surface area (Å²) in [4.78, 5) is 33.9. The van der Waals surface area contributed by atoms with E-state index in [-0.39, 0.29) is 24.4 Å². The van der Waals surface area contributed by atoms with Crippen LogP contribution in [-0.4, -0.2) is 53.0 Å². The van der Waals surface area contributed by atoms with Crippen molar-refractivity contribution in [1.29, 1.82) is 0 Å². The lowest BCUT2D eigenvalue weighted by Crippen LogP contribution is -2.46. The number of H-pyrrole nitrogens is 1. The molecule has 0 atom stereocenters. The van der Waals surface area contributed by atoms with Crippen molar-refractivity contribution in [3.05, 3.63) is 96.2 Å². The molecule has 3 amide bonds. The number of fused-ring (bicyclic) bond motifs is 1. The highest BCUT2D eigenvalue weighted by Crippen LogP contribution is 2.24. The Morgan fingerprint density at radius 3 is 2.41 bits per heavy atom. The average molecular weight is 527 g/mol. The monoisotopic (exact) mass is 526 g/mol. The number of nitrogens with zero attached hydrogens (tertiary/aromatic N) is 2. The predicted molar refractivity (Wildman–Crippen MR) is 157 cm³/mol. The summed E-state index contributed by atoms with van der Waals surface area (Å²) in [6.07, 6.45) is 2.73. The molecule has 39 heavy (non-hydrogen) atoms. The standard InChI is InChI=1S/C32H38N4O3/c1-4-39-30-17-11-10-16-29(30)34-32(38)36(21-24(2)3)23-31(37)35(22-25-12-6-5-7-13-25)19-18-26-20-33-28-15-9-8-14-27(26)28/h5-17,20,24,33H,4,18-19,21-23H2,1-3H3,(H,34,38). The van der Waals surface area contributed by atoms with Crippen LogP contribution in [0.2, 0.25) is 0 Å². The van der Waals surface area contributed by atoms with Gasteiger partial charge < -0.3 is 24.8 Å². The van der Waals surface area contributed by atoms with E-state index in [1.165, 1.54) is 10.9 Å². The number of hydrogen-bond donors (Lipinski definition) is 2. The maximum absolute atomic E-state index is 13.8. The number of aromatic nitrogens is 1. The Hall–Kier alpha value is -4.26. The summed E-state index contributed by atoms with van der Waals surface area (Å²) < 4.78 is 5.67. The first-order valence-corrected chi connectivity index (χ1v) is 13.6. The largest absolute Gasteiger partial charge is 0.492 e. The maximum Gasteiger partial charge on any atom is 0.322 e. The summed E-state index contributed by atoms with van der Waals surface area (Å²) in [5, 5.41) is 4.12. The van der Waals surface area contributed by atoms with Gasteiger partial charge in [0.1, 0.15) is 12.3 Å². The van der Waals surface area contributed by atoms with E-state index >= 15 is 0 Å². The average Bonchev–Trinajstić information content (AvgIpc) is 3.35. The van der Waals surface area contributed by atoms with Gasteiger partial charge in [-0.1, -0.05) is 74.5 Å². The molecule has 0 aliphatic rings. The summed E-state index contributed by atoms with van der Waals surface area (Å²) in [6, 6.07) is 25.2. The lowest BCUT2D eigenvalue weighted by molar-refractivity contribution is -0.132. The van der Waals surface area contributed by atoms with Gasteiger partial charge in [-0.05, 0) is 48.6 Å². The van der Waals surface area contributed by atoms with Crippen molar-refractivity contribution >= 4 is 28.5 Å². The third kappa shape index (κ3) is 7.63. The molecule has 7 heteroatoms. The minimum Gasteiger partial charge on any atom is -0.492 e. The highest BCUT2D eigenvalue weighted by Gasteiger charge is 2.23. The van der Waals surface area contributed by atoms with Crippen molar-refractivity contribution in [2.24, 2.45) is 5.92 Å². The SMILES string of the molecule is CCOc1ccccc1NC(=O)N(CC(=O)N(CCc1c[nH]c2ccccc12)Cc1ccccc1)CC(C)C. The second kappa shape index (κ2) is 13.5. The number of nitrogens with one attached hydrogen (secondary N) is 2. The molecule has 4 aromatic rings. The van der Waals surface area contributed by atoms with E-state index in [1.54, 1.807) is 11.0 Å². The van der Waals surface area contributed by atoms with Crippen LogP contribution in [0.3, 0.4) is 0 Å². The Balaban J connectivity index is 1.51. The number of amides is 3. The van der Waals surface area contributed by atoms with Crippen molar-refractivity contribution in [1.82, 2.24) is 14.8 Å². The summed E-state index contributed by atoms with van der Waals surface area (Å²) in [7, 11) is 0. The van der Waals surface area contributed by atoms with Crippen LogP contribution >= 0.6 is 0 Å². The highest BCUT2D eigenvalue weighted by atomic mass is 16.5. The highest BCUT2D eigenvalue weighted by molar-refractivity contribution is 5.93. The molecule has 0 unspecified atom stereocenters. The van der Waals surface area contributed by atoms with Crippen LogP contribution in [0, 0.1) is 5.92 Å². The number of benzene rings is 3. The van der Waals surface area contributed by atoms with Gasteiger partial charge in [-0.2, -0.15) is 0 Å². The second-order valence-corrected chi connectivity index (χ2v) is 10.0. The van der Waals surface area contributed by atoms with E-state index in [1.807, 2.05) is 92.5 Å². The van der Waals surface area contributed by atoms with E-state index in [0.717, 1.165) is 11.1 Å². The third-order valence-corrected chi connectivity index (χ3v) is 6.52. The summed E-state index contributed by atoms with van der Waals surface area (Å²) in [6.45, 7) is 7.94. The van der Waals surface area contributed by atoms with Crippen molar-refractivity contribution in [3.63, 3.8) is 0 Å². The fourth-order valence-electron chi connectivity index (χ4n) is 4.66. The van der Waals surface area contributed by atoms with E-state index in [4.69, 9.17) is 4.74 Å². The predicted octanol–water partition coefficient (Wildman–Crippen LogP) is 6.33. The van der Waals surface area contributed by atoms with E-state index in [0.29, 0.717) is 44.1 Å². The van der Waals surface area contributed by atoms with Gasteiger partial charge in [0.15, 0.2) is 0 Å². The van der Waals surface area contributed by atoms with Crippen LogP contribution in [-0.2, 0) is 17.8 Å². The molecule has 0 saturated carbocycles. The molecular weight excluding hydrogens is 488 g/mol. The molecule has 3 aromatic carbocycles. The van der Waals surface area contributed by atoms with Crippen LogP contribution in [0.5, 0.6) is 5.75 Å². The van der Waals surface area contributed by atoms with Gasteiger partial charge in [0.2, 0.25) is 5.91 Å². The van der Waals surface area contributed by atoms with Gasteiger partial charge in [0.25, 0.3) is 0 Å². The number of hydrogen-bond acceptors (Lipinski definition) is 3. The van der Waals surface area contributed by atoms with Gasteiger partial charge in [0.05, 0.1) is 12.3 Å². The fourth-order valence-corrected chi connectivity index (χ4v) is 4.66. The van der Waals surface area contributed by atoms with Crippen LogP contribution in [0.15, 0.2) is 85.1 Å². The quantitative estimate of drug-likeness (QED) is 0.227. The van der Waals surface area contributed by atoms with Crippen LogP contribution in [0.1, 0.15) is 31.9 Å².